The minimum absolute atomic E-state index is 0.191. The fourth-order valence-corrected chi connectivity index (χ4v) is 25.5. The Bertz CT molecular complexity index is 8260. The molecule has 0 amide bonds. The van der Waals surface area contributed by atoms with E-state index in [1.54, 1.807) is 0 Å². The summed E-state index contributed by atoms with van der Waals surface area (Å²) in [6, 6.07) is 143. The molecule has 2 atom stereocenters. The number of benzene rings is 18. The molecule has 122 heavy (non-hydrogen) atoms. The van der Waals surface area contributed by atoms with Gasteiger partial charge in [-0.2, -0.15) is 0 Å². The summed E-state index contributed by atoms with van der Waals surface area (Å²) < 4.78 is 0. The van der Waals surface area contributed by atoms with Crippen LogP contribution in [0.15, 0.2) is 382 Å². The Kier molecular flexibility index (Phi) is 14.7. The Balaban J connectivity index is 0.671. The fourth-order valence-electron chi connectivity index (χ4n) is 23.0. The molecule has 4 aromatic heterocycles. The van der Waals surface area contributed by atoms with Crippen LogP contribution < -0.4 is 0 Å². The van der Waals surface area contributed by atoms with Gasteiger partial charge in [-0.05, 0) is 145 Å². The summed E-state index contributed by atoms with van der Waals surface area (Å²) in [7, 11) is 0. The smallest absolute Gasteiger partial charge is 0.109 e. The van der Waals surface area contributed by atoms with E-state index in [1.165, 1.54) is 144 Å². The van der Waals surface area contributed by atoms with Crippen LogP contribution in [0.2, 0.25) is 0 Å². The largest absolute Gasteiger partial charge is 0.242 e. The van der Waals surface area contributed by atoms with Crippen LogP contribution in [-0.4, -0.2) is 19.9 Å². The van der Waals surface area contributed by atoms with Crippen molar-refractivity contribution in [3.05, 3.63) is 455 Å². The third-order valence-electron chi connectivity index (χ3n) is 28.1. The molecule has 6 heteroatoms. The lowest BCUT2D eigenvalue weighted by Crippen LogP contribution is -2.29. The molecule has 0 N–H and O–H groups in total. The maximum atomic E-state index is 6.12. The summed E-state index contributed by atoms with van der Waals surface area (Å²) in [5.41, 5.74) is 36.3. The van der Waals surface area contributed by atoms with E-state index in [9.17, 15) is 0 Å². The molecule has 26 rings (SSSR count). The van der Waals surface area contributed by atoms with E-state index in [0.717, 1.165) is 108 Å². The first kappa shape index (κ1) is 69.5. The lowest BCUT2D eigenvalue weighted by atomic mass is 9.67. The van der Waals surface area contributed by atoms with Crippen molar-refractivity contribution in [1.29, 1.82) is 0 Å². The number of thiophene rings is 2. The summed E-state index contributed by atoms with van der Waals surface area (Å²) in [5.74, 6) is 0. The van der Waals surface area contributed by atoms with E-state index in [2.05, 4.69) is 403 Å². The highest BCUT2D eigenvalue weighted by atomic mass is 32.1. The maximum Gasteiger partial charge on any atom is 0.109 e. The van der Waals surface area contributed by atoms with Gasteiger partial charge in [0.25, 0.3) is 0 Å². The van der Waals surface area contributed by atoms with Gasteiger partial charge in [0.2, 0.25) is 0 Å². The second-order valence-electron chi connectivity index (χ2n) is 34.5. The van der Waals surface area contributed by atoms with Gasteiger partial charge >= 0.3 is 0 Å². The topological polar surface area (TPSA) is 51.6 Å². The second kappa shape index (κ2) is 25.8. The lowest BCUT2D eigenvalue weighted by molar-refractivity contribution is 0.582. The molecule has 18 aromatic carbocycles. The van der Waals surface area contributed by atoms with Crippen LogP contribution in [0.4, 0.5) is 0 Å². The zero-order valence-electron chi connectivity index (χ0n) is 67.2. The van der Waals surface area contributed by atoms with Crippen LogP contribution in [0, 0.1) is 0 Å². The van der Waals surface area contributed by atoms with Gasteiger partial charge in [0.05, 0.1) is 52.4 Å². The van der Waals surface area contributed by atoms with E-state index >= 15 is 0 Å². The van der Waals surface area contributed by atoms with Gasteiger partial charge < -0.3 is 0 Å². The Morgan fingerprint density at radius 3 is 0.869 bits per heavy atom. The van der Waals surface area contributed by atoms with E-state index in [1.807, 2.05) is 22.7 Å². The molecule has 570 valence electrons. The molecule has 0 saturated carbocycles. The van der Waals surface area contributed by atoms with E-state index in [0.29, 0.717) is 0 Å². The molecular weight excluding hydrogens is 1510 g/mol. The molecule has 4 nitrogen and oxygen atoms in total. The molecule has 0 fully saturated rings. The minimum Gasteiger partial charge on any atom is -0.242 e. The summed E-state index contributed by atoms with van der Waals surface area (Å²) in [5, 5.41) is 9.08. The molecule has 4 aliphatic carbocycles. The third-order valence-corrected chi connectivity index (χ3v) is 30.6. The van der Waals surface area contributed by atoms with Crippen LogP contribution in [0.5, 0.6) is 0 Å². The average molecular weight is 1590 g/mol. The fraction of sp³-hybridized carbons (Fsp3) is 0.0690. The number of hydrogen-bond acceptors (Lipinski definition) is 6. The van der Waals surface area contributed by atoms with E-state index in [-0.39, 0.29) is 5.41 Å². The van der Waals surface area contributed by atoms with Gasteiger partial charge in [0.1, 0.15) is 22.1 Å². The van der Waals surface area contributed by atoms with Crippen molar-refractivity contribution in [2.45, 2.75) is 48.9 Å². The van der Waals surface area contributed by atoms with Crippen LogP contribution in [0.1, 0.15) is 93.1 Å². The Hall–Kier alpha value is -14.4. The maximum absolute atomic E-state index is 6.12. The molecule has 0 radical (unpaired) electrons. The van der Waals surface area contributed by atoms with E-state index in [4.69, 9.17) is 19.9 Å². The summed E-state index contributed by atoms with van der Waals surface area (Å²) in [4.78, 5) is 28.6. The van der Waals surface area contributed by atoms with Gasteiger partial charge in [-0.15, -0.1) is 22.7 Å². The van der Waals surface area contributed by atoms with Crippen molar-refractivity contribution in [3.8, 4) is 86.3 Å². The van der Waals surface area contributed by atoms with Crippen molar-refractivity contribution in [3.63, 3.8) is 0 Å². The van der Waals surface area contributed by atoms with Crippen molar-refractivity contribution < 1.29 is 0 Å². The van der Waals surface area contributed by atoms with Crippen molar-refractivity contribution in [1.82, 2.24) is 19.9 Å². The van der Waals surface area contributed by atoms with Gasteiger partial charge in [0, 0.05) is 54.6 Å². The van der Waals surface area contributed by atoms with Crippen molar-refractivity contribution in [2.75, 3.05) is 0 Å². The highest BCUT2D eigenvalue weighted by Crippen LogP contribution is 2.65. The summed E-state index contributed by atoms with van der Waals surface area (Å²) in [6.45, 7) is 7.26. The monoisotopic (exact) mass is 1590 g/mol. The SMILES string of the molecule is CC1(C)c2ccccc2-c2c(-c3sc(-c4cccc5c4-c4ccccc4C5(C)Cc4cccc(C5(c6ccccc6)c6ccccc6-c6c(-c7sc(-c8cccc9c8-c8ccccc8C9(c8ccccc8)c8ccccc8)c8nc9c%10ccccc%10c%10ccccc%10c9nc78)cccc65)c4)c4nc5c6ccccc6c6ccccc6c5nc34)cccc21. The van der Waals surface area contributed by atoms with Crippen molar-refractivity contribution >= 4 is 110 Å². The standard InChI is InChI=1S/C116H74N4S2/c1-113(2)89-58-25-21-50-81(89)97-85(54-30-62-93(97)113)109-105-106(118-102-78-47-18-14-43-74(78)73-42-13-17-46-77(73)101(102)117-105)110(121-109)86-55-31-63-94-98(86)82-51-22-26-59-90(82)114(94,3)67-68-34-29-41-72(66-68)116(71-39-11-6-12-40-71)92-61-28-24-53-84(92)100-88(57-33-65-96(100)116)112-108-107(119-103-79-48-19-15-44-75(79)76-45-16-20-49-80(76)104(103)120-108)111(122-112)87-56-32-64-95-99(87)83-52-23-27-60-91(83)115(95,69-35-7-4-8-36-69)70-37-9-5-10-38-70/h4-66H,67H2,1-3H3. The van der Waals surface area contributed by atoms with Gasteiger partial charge in [-0.1, -0.05) is 403 Å². The molecule has 22 aromatic rings. The number of rotatable bonds is 10. The highest BCUT2D eigenvalue weighted by Gasteiger charge is 2.51. The first-order chi connectivity index (χ1) is 60.2. The quantitative estimate of drug-likeness (QED) is 0.128. The summed E-state index contributed by atoms with van der Waals surface area (Å²) in [6.07, 6.45) is 0.741. The Morgan fingerprint density at radius 2 is 0.467 bits per heavy atom. The summed E-state index contributed by atoms with van der Waals surface area (Å²) >= 11 is 3.70. The van der Waals surface area contributed by atoms with Crippen LogP contribution in [0.3, 0.4) is 0 Å². The minimum atomic E-state index is -0.762. The number of nitrogens with zero attached hydrogens (tertiary/aromatic N) is 4. The van der Waals surface area contributed by atoms with Gasteiger partial charge in [-0.25, -0.2) is 19.9 Å². The lowest BCUT2D eigenvalue weighted by Gasteiger charge is -2.35. The molecule has 0 spiro atoms. The van der Waals surface area contributed by atoms with Crippen LogP contribution >= 0.6 is 22.7 Å². The highest BCUT2D eigenvalue weighted by molar-refractivity contribution is 7.21. The average Bonchev–Trinajstić information content (AvgIpc) is 1.51. The number of hydrogen-bond donors (Lipinski definition) is 0. The zero-order valence-corrected chi connectivity index (χ0v) is 68.8. The molecule has 0 aliphatic heterocycles. The van der Waals surface area contributed by atoms with Crippen molar-refractivity contribution in [2.24, 2.45) is 0 Å². The molecule has 2 unspecified atom stereocenters. The first-order valence-electron chi connectivity index (χ1n) is 42.5. The van der Waals surface area contributed by atoms with Crippen LogP contribution in [0.25, 0.3) is 173 Å². The normalized spacial score (nSPS) is 16.1. The predicted molar refractivity (Wildman–Crippen MR) is 509 cm³/mol. The Labute approximate surface area is 714 Å². The number of fused-ring (bicyclic) bond motifs is 26. The zero-order chi connectivity index (χ0) is 80.5. The molecule has 0 saturated heterocycles. The van der Waals surface area contributed by atoms with E-state index < -0.39 is 16.2 Å². The molecule has 0 bridgehead atoms. The first-order valence-corrected chi connectivity index (χ1v) is 44.1. The Morgan fingerprint density at radius 1 is 0.205 bits per heavy atom. The third kappa shape index (κ3) is 9.29. The van der Waals surface area contributed by atoms with Gasteiger partial charge in [-0.3, -0.25) is 0 Å². The van der Waals surface area contributed by atoms with Gasteiger partial charge in [0.15, 0.2) is 0 Å². The second-order valence-corrected chi connectivity index (χ2v) is 36.5. The molecule has 4 aliphatic rings. The number of aromatic nitrogens is 4. The molecule has 4 heterocycles. The van der Waals surface area contributed by atoms with Crippen LogP contribution in [-0.2, 0) is 28.1 Å². The predicted octanol–water partition coefficient (Wildman–Crippen LogP) is 29.8. The molecular formula is C116H74N4S2.